The number of likely N-dealkylation sites (N-methyl/N-ethyl adjacent to an activating group) is 1. The van der Waals surface area contributed by atoms with E-state index < -0.39 is 0 Å². The molecule has 0 spiro atoms. The summed E-state index contributed by atoms with van der Waals surface area (Å²) in [7, 11) is 4.10. The quantitative estimate of drug-likeness (QED) is 0.855. The number of halogens is 1. The fourth-order valence-electron chi connectivity index (χ4n) is 2.00. The van der Waals surface area contributed by atoms with Gasteiger partial charge in [0.05, 0.1) is 50.3 Å². The highest BCUT2D eigenvalue weighted by Crippen LogP contribution is 2.16. The fraction of sp³-hybridized carbons (Fsp3) is 0.333. The minimum Gasteiger partial charge on any atom is -0.346 e. The number of amides is 1. The second-order valence-corrected chi connectivity index (χ2v) is 5.68. The summed E-state index contributed by atoms with van der Waals surface area (Å²) in [6, 6.07) is 7.36. The standard InChI is InChI=1S/C15H19ClN4O/c1-11-14(15(21)17-8-9-19(2)3)10-18-20(11)13-6-4-12(16)5-7-13/h4-7,10H,8-9H2,1-3H3,(H,17,21)/p+1. The molecule has 1 amide bonds. The van der Waals surface area contributed by atoms with E-state index in [1.807, 2.05) is 19.1 Å². The molecular weight excluding hydrogens is 288 g/mol. The van der Waals surface area contributed by atoms with Crippen molar-refractivity contribution in [1.82, 2.24) is 15.1 Å². The van der Waals surface area contributed by atoms with Crippen molar-refractivity contribution in [3.63, 3.8) is 0 Å². The van der Waals surface area contributed by atoms with Gasteiger partial charge in [0, 0.05) is 5.02 Å². The predicted molar refractivity (Wildman–Crippen MR) is 83.3 cm³/mol. The van der Waals surface area contributed by atoms with Gasteiger partial charge in [0.2, 0.25) is 0 Å². The zero-order valence-electron chi connectivity index (χ0n) is 12.5. The Bertz CT molecular complexity index is 619. The van der Waals surface area contributed by atoms with Crippen LogP contribution in [0.5, 0.6) is 0 Å². The van der Waals surface area contributed by atoms with Crippen molar-refractivity contribution in [2.24, 2.45) is 0 Å². The van der Waals surface area contributed by atoms with Crippen LogP contribution in [0, 0.1) is 6.92 Å². The van der Waals surface area contributed by atoms with Crippen molar-refractivity contribution in [2.75, 3.05) is 27.2 Å². The lowest BCUT2D eigenvalue weighted by molar-refractivity contribution is -0.856. The van der Waals surface area contributed by atoms with Crippen LogP contribution >= 0.6 is 11.6 Å². The summed E-state index contributed by atoms with van der Waals surface area (Å²) in [6.07, 6.45) is 1.60. The summed E-state index contributed by atoms with van der Waals surface area (Å²) in [5.74, 6) is -0.0889. The molecule has 1 heterocycles. The van der Waals surface area contributed by atoms with Gasteiger partial charge in [-0.2, -0.15) is 5.10 Å². The van der Waals surface area contributed by atoms with Crippen molar-refractivity contribution < 1.29 is 9.69 Å². The molecule has 0 aliphatic carbocycles. The molecule has 5 nitrogen and oxygen atoms in total. The second kappa shape index (κ2) is 6.74. The first-order chi connectivity index (χ1) is 9.99. The number of nitrogens with one attached hydrogen (secondary N) is 2. The van der Waals surface area contributed by atoms with Crippen LogP contribution in [0.25, 0.3) is 5.69 Å². The summed E-state index contributed by atoms with van der Waals surface area (Å²) in [6.45, 7) is 3.41. The molecule has 2 rings (SSSR count). The first-order valence-electron chi connectivity index (χ1n) is 6.87. The Balaban J connectivity index is 2.13. The largest absolute Gasteiger partial charge is 0.346 e. The Morgan fingerprint density at radius 1 is 1.33 bits per heavy atom. The van der Waals surface area contributed by atoms with Crippen molar-refractivity contribution in [1.29, 1.82) is 0 Å². The van der Waals surface area contributed by atoms with Gasteiger partial charge < -0.3 is 10.2 Å². The van der Waals surface area contributed by atoms with Crippen LogP contribution in [0.2, 0.25) is 5.02 Å². The maximum atomic E-state index is 12.2. The summed E-state index contributed by atoms with van der Waals surface area (Å²) < 4.78 is 1.74. The number of rotatable bonds is 5. The van der Waals surface area contributed by atoms with E-state index in [4.69, 9.17) is 11.6 Å². The molecule has 0 bridgehead atoms. The number of hydrogen-bond donors (Lipinski definition) is 2. The lowest BCUT2D eigenvalue weighted by atomic mass is 10.2. The maximum Gasteiger partial charge on any atom is 0.254 e. The van der Waals surface area contributed by atoms with Gasteiger partial charge in [-0.3, -0.25) is 4.79 Å². The van der Waals surface area contributed by atoms with Gasteiger partial charge in [0.1, 0.15) is 0 Å². The van der Waals surface area contributed by atoms with Gasteiger partial charge in [-0.1, -0.05) is 11.6 Å². The molecule has 112 valence electrons. The van der Waals surface area contributed by atoms with Crippen molar-refractivity contribution in [3.8, 4) is 5.69 Å². The highest BCUT2D eigenvalue weighted by Gasteiger charge is 2.14. The lowest BCUT2D eigenvalue weighted by Crippen LogP contribution is -3.06. The SMILES string of the molecule is Cc1c(C(=O)NCC[NH+](C)C)cnn1-c1ccc(Cl)cc1. The van der Waals surface area contributed by atoms with E-state index in [2.05, 4.69) is 24.5 Å². The molecule has 0 aliphatic rings. The average Bonchev–Trinajstić information content (AvgIpc) is 2.81. The zero-order valence-corrected chi connectivity index (χ0v) is 13.2. The van der Waals surface area contributed by atoms with E-state index in [0.29, 0.717) is 17.1 Å². The lowest BCUT2D eigenvalue weighted by Gasteiger charge is -2.08. The number of aromatic nitrogens is 2. The van der Waals surface area contributed by atoms with Crippen LogP contribution < -0.4 is 10.2 Å². The van der Waals surface area contributed by atoms with E-state index in [1.165, 1.54) is 4.90 Å². The third-order valence-electron chi connectivity index (χ3n) is 3.24. The van der Waals surface area contributed by atoms with E-state index in [1.54, 1.807) is 23.0 Å². The van der Waals surface area contributed by atoms with Crippen LogP contribution in [0.3, 0.4) is 0 Å². The van der Waals surface area contributed by atoms with Crippen LogP contribution in [-0.4, -0.2) is 42.9 Å². The number of carbonyl (C=O) groups excluding carboxylic acids is 1. The van der Waals surface area contributed by atoms with Crippen molar-refractivity contribution in [2.45, 2.75) is 6.92 Å². The molecule has 2 aromatic rings. The molecule has 1 aromatic carbocycles. The van der Waals surface area contributed by atoms with Gasteiger partial charge in [0.15, 0.2) is 0 Å². The minimum absolute atomic E-state index is 0.0889. The number of hydrogen-bond acceptors (Lipinski definition) is 2. The van der Waals surface area contributed by atoms with Crippen molar-refractivity contribution >= 4 is 17.5 Å². The molecule has 0 atom stereocenters. The molecule has 0 aliphatic heterocycles. The molecule has 0 unspecified atom stereocenters. The number of benzene rings is 1. The highest BCUT2D eigenvalue weighted by molar-refractivity contribution is 6.30. The highest BCUT2D eigenvalue weighted by atomic mass is 35.5. The fourth-order valence-corrected chi connectivity index (χ4v) is 2.12. The molecule has 0 fully saturated rings. The van der Waals surface area contributed by atoms with Gasteiger partial charge in [-0.25, -0.2) is 4.68 Å². The topological polar surface area (TPSA) is 51.4 Å². The third-order valence-corrected chi connectivity index (χ3v) is 3.49. The first-order valence-corrected chi connectivity index (χ1v) is 7.24. The second-order valence-electron chi connectivity index (χ2n) is 5.24. The minimum atomic E-state index is -0.0889. The first kappa shape index (κ1) is 15.5. The molecule has 0 radical (unpaired) electrons. The van der Waals surface area contributed by atoms with E-state index in [0.717, 1.165) is 17.9 Å². The average molecular weight is 308 g/mol. The summed E-state index contributed by atoms with van der Waals surface area (Å²) in [5.41, 5.74) is 2.29. The van der Waals surface area contributed by atoms with Gasteiger partial charge in [-0.05, 0) is 31.2 Å². The van der Waals surface area contributed by atoms with Crippen LogP contribution in [-0.2, 0) is 0 Å². The maximum absolute atomic E-state index is 12.2. The molecular formula is C15H20ClN4O+. The zero-order chi connectivity index (χ0) is 15.4. The molecule has 21 heavy (non-hydrogen) atoms. The normalized spacial score (nSPS) is 10.9. The Morgan fingerprint density at radius 2 is 2.00 bits per heavy atom. The molecule has 0 saturated carbocycles. The van der Waals surface area contributed by atoms with Gasteiger partial charge >= 0.3 is 0 Å². The monoisotopic (exact) mass is 307 g/mol. The predicted octanol–water partition coefficient (Wildman–Crippen LogP) is 0.708. The van der Waals surface area contributed by atoms with E-state index >= 15 is 0 Å². The Labute approximate surface area is 129 Å². The summed E-state index contributed by atoms with van der Waals surface area (Å²) in [5, 5.41) is 7.87. The van der Waals surface area contributed by atoms with Gasteiger partial charge in [-0.15, -0.1) is 0 Å². The Hall–Kier alpha value is -1.85. The molecule has 1 aromatic heterocycles. The third kappa shape index (κ3) is 3.83. The Morgan fingerprint density at radius 3 is 2.62 bits per heavy atom. The van der Waals surface area contributed by atoms with Crippen LogP contribution in [0.1, 0.15) is 16.1 Å². The van der Waals surface area contributed by atoms with Crippen LogP contribution in [0.15, 0.2) is 30.5 Å². The number of nitrogens with zero attached hydrogens (tertiary/aromatic N) is 2. The molecule has 0 saturated heterocycles. The van der Waals surface area contributed by atoms with Gasteiger partial charge in [0.25, 0.3) is 5.91 Å². The number of quaternary nitrogens is 1. The summed E-state index contributed by atoms with van der Waals surface area (Å²) in [4.78, 5) is 13.4. The smallest absolute Gasteiger partial charge is 0.254 e. The van der Waals surface area contributed by atoms with E-state index in [9.17, 15) is 4.79 Å². The summed E-state index contributed by atoms with van der Waals surface area (Å²) >= 11 is 5.88. The molecule has 6 heteroatoms. The van der Waals surface area contributed by atoms with Crippen molar-refractivity contribution in [3.05, 3.63) is 46.7 Å². The Kier molecular flexibility index (Phi) is 4.98. The number of carbonyl (C=O) groups is 1. The molecule has 2 N–H and O–H groups in total. The van der Waals surface area contributed by atoms with E-state index in [-0.39, 0.29) is 5.91 Å². The van der Waals surface area contributed by atoms with Crippen LogP contribution in [0.4, 0.5) is 0 Å².